The molecule has 0 fully saturated rings. The molecule has 0 saturated heterocycles. The summed E-state index contributed by atoms with van der Waals surface area (Å²) in [7, 11) is -3.41. The minimum atomic E-state index is -3.41. The van der Waals surface area contributed by atoms with Crippen LogP contribution in [0.25, 0.3) is 0 Å². The van der Waals surface area contributed by atoms with Gasteiger partial charge in [-0.1, -0.05) is 30.3 Å². The van der Waals surface area contributed by atoms with Crippen LogP contribution in [0.3, 0.4) is 0 Å². The average Bonchev–Trinajstić information content (AvgIpc) is 2.41. The zero-order valence-corrected chi connectivity index (χ0v) is 14.8. The van der Waals surface area contributed by atoms with Crippen LogP contribution in [0.1, 0.15) is 33.3 Å². The van der Waals surface area contributed by atoms with Crippen LogP contribution >= 0.6 is 0 Å². The molecule has 22 heavy (non-hydrogen) atoms. The van der Waals surface area contributed by atoms with Crippen molar-refractivity contribution in [3.63, 3.8) is 0 Å². The van der Waals surface area contributed by atoms with Gasteiger partial charge in [0.1, 0.15) is 0 Å². The Kier molecular flexibility index (Phi) is 6.56. The molecule has 124 valence electrons. The maximum Gasteiger partial charge on any atom is 0.238 e. The summed E-state index contributed by atoms with van der Waals surface area (Å²) < 4.78 is 24.9. The smallest absolute Gasteiger partial charge is 0.238 e. The number of nitrogens with zero attached hydrogens (tertiary/aromatic N) is 2. The zero-order valence-electron chi connectivity index (χ0n) is 14.0. The van der Waals surface area contributed by atoms with E-state index in [9.17, 15) is 13.2 Å². The number of sulfonamides is 1. The highest BCUT2D eigenvalue weighted by Crippen LogP contribution is 2.12. The van der Waals surface area contributed by atoms with Crippen molar-refractivity contribution in [2.75, 3.05) is 12.8 Å². The molecular formula is C16H26N2O3S. The first kappa shape index (κ1) is 18.6. The first-order valence-electron chi connectivity index (χ1n) is 7.43. The van der Waals surface area contributed by atoms with E-state index >= 15 is 0 Å². The molecule has 1 aromatic carbocycles. The van der Waals surface area contributed by atoms with Gasteiger partial charge in [0.25, 0.3) is 0 Å². The highest BCUT2D eigenvalue weighted by atomic mass is 32.2. The highest BCUT2D eigenvalue weighted by Gasteiger charge is 2.26. The third kappa shape index (κ3) is 5.42. The lowest BCUT2D eigenvalue weighted by Gasteiger charge is -2.31. The number of carbonyl (C=O) groups excluding carboxylic acids is 1. The van der Waals surface area contributed by atoms with E-state index in [0.29, 0.717) is 6.54 Å². The van der Waals surface area contributed by atoms with E-state index in [4.69, 9.17) is 0 Å². The van der Waals surface area contributed by atoms with Crippen LogP contribution in [0.4, 0.5) is 0 Å². The van der Waals surface area contributed by atoms with Gasteiger partial charge in [-0.2, -0.15) is 4.31 Å². The first-order valence-corrected chi connectivity index (χ1v) is 9.28. The van der Waals surface area contributed by atoms with Gasteiger partial charge in [-0.3, -0.25) is 4.79 Å². The van der Waals surface area contributed by atoms with Crippen LogP contribution in [-0.2, 0) is 21.4 Å². The average molecular weight is 326 g/mol. The molecule has 0 aromatic heterocycles. The summed E-state index contributed by atoms with van der Waals surface area (Å²) in [5.41, 5.74) is 1.03. The third-order valence-corrected chi connectivity index (χ3v) is 4.84. The standard InChI is InChI=1S/C16H26N2O3S/c1-13(2)17(11-15-9-7-6-8-10-15)16(19)12-18(14(3)4)22(5,20)21/h6-10,13-14H,11-12H2,1-5H3. The van der Waals surface area contributed by atoms with Crippen LogP contribution < -0.4 is 0 Å². The minimum absolute atomic E-state index is 0.00118. The number of amides is 1. The number of benzene rings is 1. The molecule has 0 radical (unpaired) electrons. The Bertz CT molecular complexity index is 583. The summed E-state index contributed by atoms with van der Waals surface area (Å²) in [5.74, 6) is -0.182. The zero-order chi connectivity index (χ0) is 16.9. The lowest BCUT2D eigenvalue weighted by atomic mass is 10.2. The second-order valence-electron chi connectivity index (χ2n) is 6.00. The van der Waals surface area contributed by atoms with Gasteiger partial charge in [-0.05, 0) is 33.3 Å². The minimum Gasteiger partial charge on any atom is -0.335 e. The Labute approximate surface area is 134 Å². The number of carbonyl (C=O) groups is 1. The van der Waals surface area contributed by atoms with Gasteiger partial charge in [0.15, 0.2) is 0 Å². The fourth-order valence-corrected chi connectivity index (χ4v) is 3.36. The van der Waals surface area contributed by atoms with Crippen LogP contribution in [-0.4, -0.2) is 48.4 Å². The van der Waals surface area contributed by atoms with Gasteiger partial charge < -0.3 is 4.90 Å². The summed E-state index contributed by atoms with van der Waals surface area (Å²) >= 11 is 0. The first-order chi connectivity index (χ1) is 10.1. The van der Waals surface area contributed by atoms with E-state index in [-0.39, 0.29) is 24.5 Å². The fourth-order valence-electron chi connectivity index (χ4n) is 2.25. The summed E-state index contributed by atoms with van der Waals surface area (Å²) in [4.78, 5) is 14.3. The van der Waals surface area contributed by atoms with Crippen molar-refractivity contribution in [2.24, 2.45) is 0 Å². The largest absolute Gasteiger partial charge is 0.335 e. The Balaban J connectivity index is 2.90. The number of hydrogen-bond acceptors (Lipinski definition) is 3. The summed E-state index contributed by atoms with van der Waals surface area (Å²) in [6, 6.07) is 9.45. The van der Waals surface area contributed by atoms with Crippen LogP contribution in [0.2, 0.25) is 0 Å². The molecule has 0 aliphatic heterocycles. The summed E-state index contributed by atoms with van der Waals surface area (Å²) in [6.07, 6.45) is 1.14. The fraction of sp³-hybridized carbons (Fsp3) is 0.562. The molecule has 0 saturated carbocycles. The van der Waals surface area contributed by atoms with Gasteiger partial charge in [0, 0.05) is 18.6 Å². The molecule has 0 atom stereocenters. The van der Waals surface area contributed by atoms with Gasteiger partial charge in [0.05, 0.1) is 12.8 Å². The molecule has 0 unspecified atom stereocenters. The van der Waals surface area contributed by atoms with Gasteiger partial charge in [-0.25, -0.2) is 8.42 Å². The predicted octanol–water partition coefficient (Wildman–Crippen LogP) is 2.09. The second kappa shape index (κ2) is 7.74. The van der Waals surface area contributed by atoms with Crippen molar-refractivity contribution in [3.8, 4) is 0 Å². The Morgan fingerprint density at radius 2 is 1.59 bits per heavy atom. The Morgan fingerprint density at radius 1 is 1.05 bits per heavy atom. The van der Waals surface area contributed by atoms with E-state index in [1.807, 2.05) is 44.2 Å². The predicted molar refractivity (Wildman–Crippen MR) is 88.8 cm³/mol. The molecule has 0 aliphatic rings. The monoisotopic (exact) mass is 326 g/mol. The van der Waals surface area contributed by atoms with E-state index in [1.165, 1.54) is 4.31 Å². The lowest BCUT2D eigenvalue weighted by molar-refractivity contribution is -0.134. The summed E-state index contributed by atoms with van der Waals surface area (Å²) in [6.45, 7) is 7.76. The Morgan fingerprint density at radius 3 is 2.00 bits per heavy atom. The van der Waals surface area contributed by atoms with Crippen molar-refractivity contribution in [1.82, 2.24) is 9.21 Å². The van der Waals surface area contributed by atoms with Gasteiger partial charge in [0.2, 0.25) is 15.9 Å². The van der Waals surface area contributed by atoms with E-state index in [1.54, 1.807) is 18.7 Å². The molecule has 0 N–H and O–H groups in total. The molecule has 6 heteroatoms. The third-order valence-electron chi connectivity index (χ3n) is 3.43. The maximum absolute atomic E-state index is 12.6. The molecule has 0 heterocycles. The maximum atomic E-state index is 12.6. The SMILES string of the molecule is CC(C)N(Cc1ccccc1)C(=O)CN(C(C)C)S(C)(=O)=O. The molecule has 0 spiro atoms. The quantitative estimate of drug-likeness (QED) is 0.771. The van der Waals surface area contributed by atoms with E-state index in [0.717, 1.165) is 11.8 Å². The topological polar surface area (TPSA) is 57.7 Å². The Hall–Kier alpha value is -1.40. The highest BCUT2D eigenvalue weighted by molar-refractivity contribution is 7.88. The van der Waals surface area contributed by atoms with Crippen LogP contribution in [0, 0.1) is 0 Å². The summed E-state index contributed by atoms with van der Waals surface area (Å²) in [5, 5.41) is 0. The van der Waals surface area contributed by atoms with E-state index in [2.05, 4.69) is 0 Å². The molecule has 1 amide bonds. The van der Waals surface area contributed by atoms with Crippen molar-refractivity contribution in [3.05, 3.63) is 35.9 Å². The lowest BCUT2D eigenvalue weighted by Crippen LogP contribution is -2.47. The van der Waals surface area contributed by atoms with Crippen molar-refractivity contribution in [2.45, 2.75) is 46.3 Å². The van der Waals surface area contributed by atoms with Crippen LogP contribution in [0.15, 0.2) is 30.3 Å². The molecular weight excluding hydrogens is 300 g/mol. The molecule has 5 nitrogen and oxygen atoms in total. The molecule has 0 bridgehead atoms. The van der Waals surface area contributed by atoms with E-state index < -0.39 is 10.0 Å². The molecule has 1 aromatic rings. The van der Waals surface area contributed by atoms with Gasteiger partial charge >= 0.3 is 0 Å². The number of hydrogen-bond donors (Lipinski definition) is 0. The second-order valence-corrected chi connectivity index (χ2v) is 7.94. The van der Waals surface area contributed by atoms with Crippen molar-refractivity contribution in [1.29, 1.82) is 0 Å². The molecule has 0 aliphatic carbocycles. The molecule has 1 rings (SSSR count). The van der Waals surface area contributed by atoms with Crippen LogP contribution in [0.5, 0.6) is 0 Å². The van der Waals surface area contributed by atoms with Gasteiger partial charge in [-0.15, -0.1) is 0 Å². The van der Waals surface area contributed by atoms with Crippen molar-refractivity contribution >= 4 is 15.9 Å². The van der Waals surface area contributed by atoms with Crippen molar-refractivity contribution < 1.29 is 13.2 Å². The number of rotatable bonds is 7. The normalized spacial score (nSPS) is 12.2.